The van der Waals surface area contributed by atoms with Gasteiger partial charge < -0.3 is 5.73 Å². The number of nitrogens with zero attached hydrogens (tertiary/aromatic N) is 2. The molecule has 1 unspecified atom stereocenters. The normalized spacial score (nSPS) is 22.4. The Hall–Kier alpha value is -1.51. The molecule has 7 nitrogen and oxygen atoms in total. The average molecular weight is 327 g/mol. The predicted molar refractivity (Wildman–Crippen MR) is 83.7 cm³/mol. The summed E-state index contributed by atoms with van der Waals surface area (Å²) in [6.07, 6.45) is 0.631. The molecule has 0 bridgehead atoms. The first-order chi connectivity index (χ1) is 10.1. The molecule has 0 radical (unpaired) electrons. The Morgan fingerprint density at radius 2 is 1.95 bits per heavy atom. The van der Waals surface area contributed by atoms with Gasteiger partial charge in [0.1, 0.15) is 0 Å². The lowest BCUT2D eigenvalue weighted by Gasteiger charge is -2.41. The van der Waals surface area contributed by atoms with Gasteiger partial charge in [0.05, 0.1) is 10.7 Å². The van der Waals surface area contributed by atoms with Crippen LogP contribution in [0.1, 0.15) is 25.8 Å². The van der Waals surface area contributed by atoms with E-state index in [0.717, 1.165) is 0 Å². The molecule has 0 aromatic heterocycles. The summed E-state index contributed by atoms with van der Waals surface area (Å²) in [5.74, 6) is -0.156. The number of rotatable bonds is 4. The predicted octanol–water partition coefficient (Wildman–Crippen LogP) is 1.48. The number of nitrogens with two attached hydrogens (primary N) is 1. The number of hydrogen-bond acceptors (Lipinski definition) is 5. The van der Waals surface area contributed by atoms with Crippen molar-refractivity contribution in [2.24, 2.45) is 11.1 Å². The zero-order valence-electron chi connectivity index (χ0n) is 12.7. The second-order valence-electron chi connectivity index (χ2n) is 6.40. The zero-order valence-corrected chi connectivity index (χ0v) is 13.5. The van der Waals surface area contributed by atoms with Crippen LogP contribution in [-0.4, -0.2) is 36.8 Å². The van der Waals surface area contributed by atoms with E-state index in [0.29, 0.717) is 25.1 Å². The summed E-state index contributed by atoms with van der Waals surface area (Å²) >= 11 is 0. The van der Waals surface area contributed by atoms with Crippen molar-refractivity contribution in [1.29, 1.82) is 0 Å². The molecular formula is C14H21N3O4S. The highest BCUT2D eigenvalue weighted by Gasteiger charge is 2.38. The lowest BCUT2D eigenvalue weighted by Crippen LogP contribution is -2.54. The van der Waals surface area contributed by atoms with Crippen LogP contribution in [0.2, 0.25) is 0 Å². The SMILES string of the molecule is CC1(C)CN(S(=O)(=O)Cc2ccc([N+](=O)[O-])cc2)CCC1N. The second-order valence-corrected chi connectivity index (χ2v) is 8.37. The van der Waals surface area contributed by atoms with E-state index < -0.39 is 14.9 Å². The maximum Gasteiger partial charge on any atom is 0.269 e. The van der Waals surface area contributed by atoms with Gasteiger partial charge in [-0.05, 0) is 17.4 Å². The van der Waals surface area contributed by atoms with E-state index in [4.69, 9.17) is 5.73 Å². The largest absolute Gasteiger partial charge is 0.327 e. The molecule has 1 saturated heterocycles. The zero-order chi connectivity index (χ0) is 16.5. The number of non-ortho nitro benzene ring substituents is 1. The summed E-state index contributed by atoms with van der Waals surface area (Å²) < 4.78 is 26.5. The first-order valence-corrected chi connectivity index (χ1v) is 8.69. The molecule has 0 amide bonds. The summed E-state index contributed by atoms with van der Waals surface area (Å²) in [6, 6.07) is 5.59. The molecule has 1 aliphatic heterocycles. The van der Waals surface area contributed by atoms with E-state index in [1.54, 1.807) is 0 Å². The van der Waals surface area contributed by atoms with Crippen LogP contribution >= 0.6 is 0 Å². The van der Waals surface area contributed by atoms with Crippen LogP contribution in [0.25, 0.3) is 0 Å². The maximum absolute atomic E-state index is 12.5. The van der Waals surface area contributed by atoms with Crippen molar-refractivity contribution in [3.8, 4) is 0 Å². The van der Waals surface area contributed by atoms with Crippen LogP contribution in [0.3, 0.4) is 0 Å². The third-order valence-electron chi connectivity index (χ3n) is 4.17. The molecule has 0 aliphatic carbocycles. The lowest BCUT2D eigenvalue weighted by molar-refractivity contribution is -0.384. The molecule has 2 rings (SSSR count). The first-order valence-electron chi connectivity index (χ1n) is 7.08. The van der Waals surface area contributed by atoms with Gasteiger partial charge in [-0.2, -0.15) is 0 Å². The molecule has 0 saturated carbocycles. The quantitative estimate of drug-likeness (QED) is 0.666. The Labute approximate surface area is 130 Å². The van der Waals surface area contributed by atoms with E-state index in [1.165, 1.54) is 28.6 Å². The number of nitro benzene ring substituents is 1. The van der Waals surface area contributed by atoms with Crippen molar-refractivity contribution >= 4 is 15.7 Å². The standard InChI is InChI=1S/C14H21N3O4S/c1-14(2)10-16(8-7-13(14)15)22(20,21)9-11-3-5-12(6-4-11)17(18)19/h3-6,13H,7-10,15H2,1-2H3. The molecule has 2 N–H and O–H groups in total. The minimum Gasteiger partial charge on any atom is -0.327 e. The van der Waals surface area contributed by atoms with Gasteiger partial charge in [-0.1, -0.05) is 26.0 Å². The second kappa shape index (κ2) is 5.94. The molecule has 1 heterocycles. The fraction of sp³-hybridized carbons (Fsp3) is 0.571. The van der Waals surface area contributed by atoms with Crippen molar-refractivity contribution in [3.63, 3.8) is 0 Å². The molecule has 1 aliphatic rings. The number of sulfonamides is 1. The van der Waals surface area contributed by atoms with Gasteiger partial charge in [-0.3, -0.25) is 10.1 Å². The van der Waals surface area contributed by atoms with Gasteiger partial charge in [0.25, 0.3) is 5.69 Å². The van der Waals surface area contributed by atoms with Crippen LogP contribution in [0, 0.1) is 15.5 Å². The number of benzene rings is 1. The topological polar surface area (TPSA) is 107 Å². The van der Waals surface area contributed by atoms with Gasteiger partial charge in [0, 0.05) is 31.3 Å². The molecule has 22 heavy (non-hydrogen) atoms. The molecule has 1 aromatic rings. The van der Waals surface area contributed by atoms with Gasteiger partial charge in [-0.15, -0.1) is 0 Å². The number of piperidine rings is 1. The third-order valence-corrected chi connectivity index (χ3v) is 5.96. The van der Waals surface area contributed by atoms with Crippen molar-refractivity contribution in [2.75, 3.05) is 13.1 Å². The minimum atomic E-state index is -3.46. The molecule has 122 valence electrons. The van der Waals surface area contributed by atoms with Crippen LogP contribution < -0.4 is 5.73 Å². The summed E-state index contributed by atoms with van der Waals surface area (Å²) in [4.78, 5) is 10.1. The Kier molecular flexibility index (Phi) is 4.55. The molecule has 1 atom stereocenters. The summed E-state index contributed by atoms with van der Waals surface area (Å²) in [7, 11) is -3.46. The minimum absolute atomic E-state index is 0.0154. The fourth-order valence-corrected chi connectivity index (χ4v) is 4.29. The summed E-state index contributed by atoms with van der Waals surface area (Å²) in [5, 5.41) is 10.6. The van der Waals surface area contributed by atoms with Crippen molar-refractivity contribution < 1.29 is 13.3 Å². The molecule has 0 spiro atoms. The van der Waals surface area contributed by atoms with Crippen molar-refractivity contribution in [1.82, 2.24) is 4.31 Å². The van der Waals surface area contributed by atoms with Crippen molar-refractivity contribution in [3.05, 3.63) is 39.9 Å². The molecule has 1 aromatic carbocycles. The van der Waals surface area contributed by atoms with Crippen LogP contribution in [0.4, 0.5) is 5.69 Å². The lowest BCUT2D eigenvalue weighted by atomic mass is 9.81. The molecular weight excluding hydrogens is 306 g/mol. The Bertz CT molecular complexity index is 655. The van der Waals surface area contributed by atoms with Gasteiger partial charge in [-0.25, -0.2) is 12.7 Å². The molecule has 8 heteroatoms. The van der Waals surface area contributed by atoms with Gasteiger partial charge in [0.15, 0.2) is 0 Å². The highest BCUT2D eigenvalue weighted by molar-refractivity contribution is 7.88. The fourth-order valence-electron chi connectivity index (χ4n) is 2.58. The Morgan fingerprint density at radius 1 is 1.36 bits per heavy atom. The van der Waals surface area contributed by atoms with E-state index in [9.17, 15) is 18.5 Å². The smallest absolute Gasteiger partial charge is 0.269 e. The number of hydrogen-bond donors (Lipinski definition) is 1. The highest BCUT2D eigenvalue weighted by Crippen LogP contribution is 2.30. The van der Waals surface area contributed by atoms with Gasteiger partial charge in [0.2, 0.25) is 10.0 Å². The van der Waals surface area contributed by atoms with Crippen molar-refractivity contribution in [2.45, 2.75) is 32.1 Å². The molecule has 1 fully saturated rings. The van der Waals surface area contributed by atoms with Crippen LogP contribution in [-0.2, 0) is 15.8 Å². The monoisotopic (exact) mass is 327 g/mol. The Balaban J connectivity index is 2.12. The summed E-state index contributed by atoms with van der Waals surface area (Å²) in [5.41, 5.74) is 6.26. The average Bonchev–Trinajstić information content (AvgIpc) is 2.41. The highest BCUT2D eigenvalue weighted by atomic mass is 32.2. The van der Waals surface area contributed by atoms with Gasteiger partial charge >= 0.3 is 0 Å². The summed E-state index contributed by atoms with van der Waals surface area (Å²) in [6.45, 7) is 4.74. The third kappa shape index (κ3) is 3.63. The first kappa shape index (κ1) is 16.9. The van der Waals surface area contributed by atoms with Crippen LogP contribution in [0.5, 0.6) is 0 Å². The maximum atomic E-state index is 12.5. The van der Waals surface area contributed by atoms with E-state index in [2.05, 4.69) is 0 Å². The van der Waals surface area contributed by atoms with E-state index in [1.807, 2.05) is 13.8 Å². The van der Waals surface area contributed by atoms with E-state index in [-0.39, 0.29) is 22.9 Å². The Morgan fingerprint density at radius 3 is 2.45 bits per heavy atom. The van der Waals surface area contributed by atoms with E-state index >= 15 is 0 Å². The van der Waals surface area contributed by atoms with Crippen LogP contribution in [0.15, 0.2) is 24.3 Å². The number of nitro groups is 1.